The fraction of sp³-hybridized carbons (Fsp3) is 0.389. The maximum absolute atomic E-state index is 12.1. The third-order valence-corrected chi connectivity index (χ3v) is 5.04. The SMILES string of the molecule is CC[C@H](C)[C@H](NC(=O)COC(=O)c1cc2ccccc2s1)C(=O)OC. The molecule has 0 fully saturated rings. The molecule has 25 heavy (non-hydrogen) atoms. The number of amides is 1. The van der Waals surface area contributed by atoms with Gasteiger partial charge < -0.3 is 14.8 Å². The zero-order valence-corrected chi connectivity index (χ0v) is 15.2. The van der Waals surface area contributed by atoms with E-state index in [0.717, 1.165) is 10.1 Å². The Kier molecular flexibility index (Phi) is 6.52. The molecule has 0 saturated heterocycles. The molecule has 6 nitrogen and oxygen atoms in total. The molecular formula is C18H21NO5S. The van der Waals surface area contributed by atoms with E-state index in [1.54, 1.807) is 6.07 Å². The number of hydrogen-bond donors (Lipinski definition) is 1. The van der Waals surface area contributed by atoms with E-state index in [1.807, 2.05) is 38.1 Å². The summed E-state index contributed by atoms with van der Waals surface area (Å²) >= 11 is 1.31. The molecule has 1 aromatic heterocycles. The van der Waals surface area contributed by atoms with Crippen LogP contribution in [0, 0.1) is 5.92 Å². The van der Waals surface area contributed by atoms with Crippen molar-refractivity contribution in [1.82, 2.24) is 5.32 Å². The number of fused-ring (bicyclic) bond motifs is 1. The second-order valence-corrected chi connectivity index (χ2v) is 6.76. The van der Waals surface area contributed by atoms with Crippen molar-refractivity contribution in [3.63, 3.8) is 0 Å². The standard InChI is InChI=1S/C18H21NO5S/c1-4-11(2)16(18(22)23-3)19-15(20)10-24-17(21)14-9-12-7-5-6-8-13(12)25-14/h5-9,11,16H,4,10H2,1-3H3,(H,19,20)/t11-,16-/m0/s1. The largest absolute Gasteiger partial charge is 0.467 e. The third-order valence-electron chi connectivity index (χ3n) is 3.95. The molecule has 1 heterocycles. The highest BCUT2D eigenvalue weighted by atomic mass is 32.1. The third kappa shape index (κ3) is 4.79. The Bertz CT molecular complexity index is 737. The van der Waals surface area contributed by atoms with Crippen LogP contribution in [0.15, 0.2) is 30.3 Å². The topological polar surface area (TPSA) is 81.7 Å². The number of ether oxygens (including phenoxy) is 2. The average molecular weight is 363 g/mol. The number of thiophene rings is 1. The predicted molar refractivity (Wildman–Crippen MR) is 95.5 cm³/mol. The van der Waals surface area contributed by atoms with Crippen LogP contribution in [-0.2, 0) is 19.1 Å². The summed E-state index contributed by atoms with van der Waals surface area (Å²) in [7, 11) is 1.27. The lowest BCUT2D eigenvalue weighted by atomic mass is 9.99. The van der Waals surface area contributed by atoms with Gasteiger partial charge in [-0.15, -0.1) is 11.3 Å². The first-order chi connectivity index (χ1) is 12.0. The molecule has 0 radical (unpaired) electrons. The molecule has 1 aromatic carbocycles. The number of nitrogens with one attached hydrogen (secondary N) is 1. The molecular weight excluding hydrogens is 342 g/mol. The van der Waals surface area contributed by atoms with E-state index in [-0.39, 0.29) is 5.92 Å². The molecule has 0 aliphatic heterocycles. The van der Waals surface area contributed by atoms with Crippen molar-refractivity contribution in [2.75, 3.05) is 13.7 Å². The molecule has 1 N–H and O–H groups in total. The van der Waals surface area contributed by atoms with Crippen LogP contribution in [0.3, 0.4) is 0 Å². The van der Waals surface area contributed by atoms with Crippen LogP contribution in [0.25, 0.3) is 10.1 Å². The fourth-order valence-corrected chi connectivity index (χ4v) is 3.25. The minimum absolute atomic E-state index is 0.0882. The minimum atomic E-state index is -0.759. The quantitative estimate of drug-likeness (QED) is 0.765. The molecule has 7 heteroatoms. The van der Waals surface area contributed by atoms with Crippen molar-refractivity contribution < 1.29 is 23.9 Å². The van der Waals surface area contributed by atoms with Gasteiger partial charge in [0.25, 0.3) is 5.91 Å². The second kappa shape index (κ2) is 8.62. The number of hydrogen-bond acceptors (Lipinski definition) is 6. The number of rotatable bonds is 7. The van der Waals surface area contributed by atoms with E-state index in [4.69, 9.17) is 9.47 Å². The van der Waals surface area contributed by atoms with Crippen LogP contribution in [0.4, 0.5) is 0 Å². The monoisotopic (exact) mass is 363 g/mol. The van der Waals surface area contributed by atoms with Gasteiger partial charge in [0.05, 0.1) is 7.11 Å². The number of carbonyl (C=O) groups excluding carboxylic acids is 3. The first-order valence-corrected chi connectivity index (χ1v) is 8.80. The van der Waals surface area contributed by atoms with Gasteiger partial charge in [0, 0.05) is 4.70 Å². The van der Waals surface area contributed by atoms with Crippen LogP contribution in [0.1, 0.15) is 29.9 Å². The lowest BCUT2D eigenvalue weighted by molar-refractivity contribution is -0.147. The van der Waals surface area contributed by atoms with Crippen LogP contribution in [0.2, 0.25) is 0 Å². The van der Waals surface area contributed by atoms with Crippen molar-refractivity contribution in [1.29, 1.82) is 0 Å². The first kappa shape index (κ1) is 18.9. The van der Waals surface area contributed by atoms with Gasteiger partial charge in [0.2, 0.25) is 0 Å². The summed E-state index contributed by atoms with van der Waals surface area (Å²) in [6, 6.07) is 8.57. The molecule has 0 aliphatic carbocycles. The predicted octanol–water partition coefficient (Wildman–Crippen LogP) is 2.76. The van der Waals surface area contributed by atoms with Gasteiger partial charge in [0.15, 0.2) is 6.61 Å². The van der Waals surface area contributed by atoms with Crippen molar-refractivity contribution in [3.05, 3.63) is 35.2 Å². The van der Waals surface area contributed by atoms with E-state index >= 15 is 0 Å². The van der Waals surface area contributed by atoms with Gasteiger partial charge in [-0.1, -0.05) is 38.5 Å². The second-order valence-electron chi connectivity index (χ2n) is 5.68. The minimum Gasteiger partial charge on any atom is -0.467 e. The van der Waals surface area contributed by atoms with Crippen molar-refractivity contribution in [2.24, 2.45) is 5.92 Å². The summed E-state index contributed by atoms with van der Waals surface area (Å²) < 4.78 is 10.7. The maximum atomic E-state index is 12.1. The van der Waals surface area contributed by atoms with Crippen LogP contribution < -0.4 is 5.32 Å². The molecule has 0 aliphatic rings. The maximum Gasteiger partial charge on any atom is 0.348 e. The average Bonchev–Trinajstić information content (AvgIpc) is 3.07. The van der Waals surface area contributed by atoms with E-state index in [2.05, 4.69) is 5.32 Å². The van der Waals surface area contributed by atoms with E-state index in [1.165, 1.54) is 18.4 Å². The molecule has 2 aromatic rings. The molecule has 0 spiro atoms. The van der Waals surface area contributed by atoms with Gasteiger partial charge in [0.1, 0.15) is 10.9 Å². The molecule has 0 bridgehead atoms. The highest BCUT2D eigenvalue weighted by molar-refractivity contribution is 7.20. The lowest BCUT2D eigenvalue weighted by Gasteiger charge is -2.21. The van der Waals surface area contributed by atoms with E-state index in [0.29, 0.717) is 11.3 Å². The zero-order chi connectivity index (χ0) is 18.4. The summed E-state index contributed by atoms with van der Waals surface area (Å²) in [5.41, 5.74) is 0. The van der Waals surface area contributed by atoms with Gasteiger partial charge in [-0.2, -0.15) is 0 Å². The Morgan fingerprint density at radius 1 is 1.24 bits per heavy atom. The summed E-state index contributed by atoms with van der Waals surface area (Å²) in [6.07, 6.45) is 0.696. The molecule has 1 amide bonds. The normalized spacial score (nSPS) is 13.1. The molecule has 0 unspecified atom stereocenters. The zero-order valence-electron chi connectivity index (χ0n) is 14.4. The lowest BCUT2D eigenvalue weighted by Crippen LogP contribution is -2.47. The summed E-state index contributed by atoms with van der Waals surface area (Å²) in [5.74, 6) is -1.70. The fourth-order valence-electron chi connectivity index (χ4n) is 2.30. The molecule has 2 atom stereocenters. The molecule has 2 rings (SSSR count). The smallest absolute Gasteiger partial charge is 0.348 e. The van der Waals surface area contributed by atoms with Crippen molar-refractivity contribution >= 4 is 39.3 Å². The summed E-state index contributed by atoms with van der Waals surface area (Å²) in [6.45, 7) is 3.30. The van der Waals surface area contributed by atoms with Crippen LogP contribution in [-0.4, -0.2) is 37.6 Å². The Hall–Kier alpha value is -2.41. The van der Waals surface area contributed by atoms with Gasteiger partial charge in [-0.3, -0.25) is 4.79 Å². The van der Waals surface area contributed by atoms with Crippen molar-refractivity contribution in [2.45, 2.75) is 26.3 Å². The van der Waals surface area contributed by atoms with E-state index < -0.39 is 30.5 Å². The van der Waals surface area contributed by atoms with Gasteiger partial charge in [-0.05, 0) is 23.4 Å². The highest BCUT2D eigenvalue weighted by Gasteiger charge is 2.27. The Morgan fingerprint density at radius 2 is 1.96 bits per heavy atom. The number of methoxy groups -OCH3 is 1. The highest BCUT2D eigenvalue weighted by Crippen LogP contribution is 2.25. The molecule has 134 valence electrons. The van der Waals surface area contributed by atoms with Crippen LogP contribution >= 0.6 is 11.3 Å². The van der Waals surface area contributed by atoms with E-state index in [9.17, 15) is 14.4 Å². The van der Waals surface area contributed by atoms with Crippen LogP contribution in [0.5, 0.6) is 0 Å². The molecule has 0 saturated carbocycles. The Labute approximate surface area is 150 Å². The number of carbonyl (C=O) groups is 3. The number of benzene rings is 1. The first-order valence-electron chi connectivity index (χ1n) is 7.99. The summed E-state index contributed by atoms with van der Waals surface area (Å²) in [4.78, 5) is 36.3. The Morgan fingerprint density at radius 3 is 2.60 bits per heavy atom. The summed E-state index contributed by atoms with van der Waals surface area (Å²) in [5, 5.41) is 3.51. The van der Waals surface area contributed by atoms with Gasteiger partial charge >= 0.3 is 11.9 Å². The number of esters is 2. The van der Waals surface area contributed by atoms with Crippen molar-refractivity contribution in [3.8, 4) is 0 Å². The Balaban J connectivity index is 1.93. The van der Waals surface area contributed by atoms with Gasteiger partial charge in [-0.25, -0.2) is 9.59 Å².